The molecule has 106 valence electrons. The SMILES string of the molecule is COC1O[C@@H](C)[C@@H](O)[C@@H](O)[C@@H]1OCc1ccccc1. The van der Waals surface area contributed by atoms with Crippen LogP contribution < -0.4 is 0 Å². The third kappa shape index (κ3) is 3.32. The van der Waals surface area contributed by atoms with Crippen LogP contribution in [0.25, 0.3) is 0 Å². The highest BCUT2D eigenvalue weighted by Gasteiger charge is 2.43. The van der Waals surface area contributed by atoms with Crippen LogP contribution in [0.2, 0.25) is 0 Å². The van der Waals surface area contributed by atoms with Gasteiger partial charge in [-0.3, -0.25) is 0 Å². The van der Waals surface area contributed by atoms with Crippen LogP contribution in [0.1, 0.15) is 12.5 Å². The largest absolute Gasteiger partial charge is 0.388 e. The van der Waals surface area contributed by atoms with Crippen molar-refractivity contribution in [2.45, 2.75) is 44.2 Å². The minimum absolute atomic E-state index is 0.326. The second kappa shape index (κ2) is 6.45. The Morgan fingerprint density at radius 3 is 2.47 bits per heavy atom. The number of methoxy groups -OCH3 is 1. The molecule has 2 N–H and O–H groups in total. The Labute approximate surface area is 112 Å². The van der Waals surface area contributed by atoms with Gasteiger partial charge in [-0.05, 0) is 12.5 Å². The first-order chi connectivity index (χ1) is 9.13. The van der Waals surface area contributed by atoms with E-state index in [4.69, 9.17) is 14.2 Å². The number of rotatable bonds is 4. The zero-order valence-electron chi connectivity index (χ0n) is 11.1. The van der Waals surface area contributed by atoms with Gasteiger partial charge in [0.15, 0.2) is 6.29 Å². The third-order valence-electron chi connectivity index (χ3n) is 3.30. The van der Waals surface area contributed by atoms with Crippen LogP contribution >= 0.6 is 0 Å². The van der Waals surface area contributed by atoms with E-state index in [1.807, 2.05) is 30.3 Å². The standard InChI is InChI=1S/C14H20O5/c1-9-11(15)12(16)13(14(17-2)19-9)18-8-10-6-4-3-5-7-10/h3-7,9,11-16H,8H2,1-2H3/t9-,11+,12+,13-,14?/m0/s1. The molecule has 1 saturated heterocycles. The van der Waals surface area contributed by atoms with E-state index < -0.39 is 30.7 Å². The minimum Gasteiger partial charge on any atom is -0.388 e. The molecule has 1 unspecified atom stereocenters. The molecule has 1 aromatic carbocycles. The Hall–Kier alpha value is -0.980. The summed E-state index contributed by atoms with van der Waals surface area (Å²) in [4.78, 5) is 0. The lowest BCUT2D eigenvalue weighted by molar-refractivity contribution is -0.298. The maximum atomic E-state index is 10.1. The van der Waals surface area contributed by atoms with Crippen molar-refractivity contribution in [3.05, 3.63) is 35.9 Å². The monoisotopic (exact) mass is 268 g/mol. The van der Waals surface area contributed by atoms with Crippen molar-refractivity contribution in [2.24, 2.45) is 0 Å². The average Bonchev–Trinajstić information content (AvgIpc) is 2.44. The quantitative estimate of drug-likeness (QED) is 0.840. The molecule has 0 saturated carbocycles. The van der Waals surface area contributed by atoms with Crippen LogP contribution in [-0.4, -0.2) is 48.0 Å². The fraction of sp³-hybridized carbons (Fsp3) is 0.571. The van der Waals surface area contributed by atoms with Gasteiger partial charge in [0.25, 0.3) is 0 Å². The zero-order chi connectivity index (χ0) is 13.8. The molecular weight excluding hydrogens is 248 g/mol. The van der Waals surface area contributed by atoms with Crippen molar-refractivity contribution in [1.82, 2.24) is 0 Å². The lowest BCUT2D eigenvalue weighted by atomic mass is 10.00. The molecule has 5 nitrogen and oxygen atoms in total. The molecule has 0 radical (unpaired) electrons. The van der Waals surface area contributed by atoms with Crippen molar-refractivity contribution < 1.29 is 24.4 Å². The zero-order valence-corrected chi connectivity index (χ0v) is 11.1. The Kier molecular flexibility index (Phi) is 4.90. The molecule has 2 rings (SSSR count). The molecule has 0 aliphatic carbocycles. The van der Waals surface area contributed by atoms with Crippen LogP contribution in [0, 0.1) is 0 Å². The van der Waals surface area contributed by atoms with Gasteiger partial charge in [0.05, 0.1) is 12.7 Å². The Balaban J connectivity index is 2.00. The number of ether oxygens (including phenoxy) is 3. The fourth-order valence-electron chi connectivity index (χ4n) is 2.14. The molecule has 1 heterocycles. The van der Waals surface area contributed by atoms with Crippen molar-refractivity contribution in [3.63, 3.8) is 0 Å². The van der Waals surface area contributed by atoms with Gasteiger partial charge < -0.3 is 24.4 Å². The van der Waals surface area contributed by atoms with Gasteiger partial charge in [0.2, 0.25) is 0 Å². The second-order valence-electron chi connectivity index (χ2n) is 4.69. The van der Waals surface area contributed by atoms with E-state index in [-0.39, 0.29) is 0 Å². The van der Waals surface area contributed by atoms with Crippen molar-refractivity contribution in [2.75, 3.05) is 7.11 Å². The molecule has 5 atom stereocenters. The highest BCUT2D eigenvalue weighted by atomic mass is 16.7. The molecule has 1 fully saturated rings. The summed E-state index contributed by atoms with van der Waals surface area (Å²) < 4.78 is 16.3. The van der Waals surface area contributed by atoms with Gasteiger partial charge in [0, 0.05) is 7.11 Å². The number of benzene rings is 1. The highest BCUT2D eigenvalue weighted by Crippen LogP contribution is 2.24. The van der Waals surface area contributed by atoms with Crippen LogP contribution in [0.5, 0.6) is 0 Å². The molecule has 19 heavy (non-hydrogen) atoms. The summed E-state index contributed by atoms with van der Waals surface area (Å²) >= 11 is 0. The fourth-order valence-corrected chi connectivity index (χ4v) is 2.14. The third-order valence-corrected chi connectivity index (χ3v) is 3.30. The van der Waals surface area contributed by atoms with E-state index in [1.165, 1.54) is 7.11 Å². The van der Waals surface area contributed by atoms with Crippen molar-refractivity contribution in [1.29, 1.82) is 0 Å². The van der Waals surface area contributed by atoms with Gasteiger partial charge in [-0.1, -0.05) is 30.3 Å². The summed E-state index contributed by atoms with van der Waals surface area (Å²) in [7, 11) is 1.49. The first-order valence-electron chi connectivity index (χ1n) is 6.33. The smallest absolute Gasteiger partial charge is 0.186 e. The first kappa shape index (κ1) is 14.4. The summed E-state index contributed by atoms with van der Waals surface area (Å²) in [5.74, 6) is 0. The van der Waals surface area contributed by atoms with Crippen molar-refractivity contribution >= 4 is 0 Å². The van der Waals surface area contributed by atoms with E-state index in [9.17, 15) is 10.2 Å². The molecule has 1 aromatic rings. The molecule has 0 aromatic heterocycles. The number of aliphatic hydroxyl groups excluding tert-OH is 2. The normalized spacial score (nSPS) is 35.3. The van der Waals surface area contributed by atoms with Crippen LogP contribution in [0.15, 0.2) is 30.3 Å². The minimum atomic E-state index is -1.03. The highest BCUT2D eigenvalue weighted by molar-refractivity contribution is 5.13. The lowest BCUT2D eigenvalue weighted by Gasteiger charge is -2.40. The predicted molar refractivity (Wildman–Crippen MR) is 68.4 cm³/mol. The maximum Gasteiger partial charge on any atom is 0.186 e. The molecule has 0 amide bonds. The first-order valence-corrected chi connectivity index (χ1v) is 6.33. The topological polar surface area (TPSA) is 68.2 Å². The molecular formula is C14H20O5. The van der Waals surface area contributed by atoms with Gasteiger partial charge >= 0.3 is 0 Å². The van der Waals surface area contributed by atoms with E-state index in [0.717, 1.165) is 5.56 Å². The maximum absolute atomic E-state index is 10.1. The Morgan fingerprint density at radius 2 is 1.84 bits per heavy atom. The second-order valence-corrected chi connectivity index (χ2v) is 4.69. The average molecular weight is 268 g/mol. The summed E-state index contributed by atoms with van der Waals surface area (Å²) in [5.41, 5.74) is 0.984. The van der Waals surface area contributed by atoms with Gasteiger partial charge in [-0.15, -0.1) is 0 Å². The summed E-state index contributed by atoms with van der Waals surface area (Å²) in [6.07, 6.45) is -3.89. The Morgan fingerprint density at radius 1 is 1.16 bits per heavy atom. The summed E-state index contributed by atoms with van der Waals surface area (Å²) in [6, 6.07) is 9.60. The number of aliphatic hydroxyl groups is 2. The van der Waals surface area contributed by atoms with Gasteiger partial charge in [-0.2, -0.15) is 0 Å². The van der Waals surface area contributed by atoms with E-state index in [2.05, 4.69) is 0 Å². The predicted octanol–water partition coefficient (Wildman–Crippen LogP) is 0.685. The molecule has 1 aliphatic rings. The molecule has 5 heteroatoms. The van der Waals surface area contributed by atoms with Crippen molar-refractivity contribution in [3.8, 4) is 0 Å². The van der Waals surface area contributed by atoms with Crippen LogP contribution in [0.3, 0.4) is 0 Å². The molecule has 1 aliphatic heterocycles. The number of hydrogen-bond acceptors (Lipinski definition) is 5. The summed E-state index contributed by atoms with van der Waals surface area (Å²) in [5, 5.41) is 19.9. The summed E-state index contributed by atoms with van der Waals surface area (Å²) in [6.45, 7) is 2.01. The Bertz CT molecular complexity index is 381. The lowest BCUT2D eigenvalue weighted by Crippen LogP contribution is -2.58. The van der Waals surface area contributed by atoms with E-state index in [0.29, 0.717) is 6.61 Å². The van der Waals surface area contributed by atoms with Crippen LogP contribution in [-0.2, 0) is 20.8 Å². The van der Waals surface area contributed by atoms with E-state index >= 15 is 0 Å². The number of hydrogen-bond donors (Lipinski definition) is 2. The van der Waals surface area contributed by atoms with E-state index in [1.54, 1.807) is 6.92 Å². The van der Waals surface area contributed by atoms with Gasteiger partial charge in [-0.25, -0.2) is 0 Å². The molecule has 0 bridgehead atoms. The molecule has 0 spiro atoms. The van der Waals surface area contributed by atoms with Gasteiger partial charge in [0.1, 0.15) is 18.3 Å². The van der Waals surface area contributed by atoms with Crippen LogP contribution in [0.4, 0.5) is 0 Å².